The molecule has 0 aromatic carbocycles. The maximum absolute atomic E-state index is 3.52. The maximum atomic E-state index is 3.52. The Morgan fingerprint density at radius 2 is 2.15 bits per heavy atom. The topological polar surface area (TPSA) is 3.24 Å². The highest BCUT2D eigenvalue weighted by molar-refractivity contribution is 9.11. The summed E-state index contributed by atoms with van der Waals surface area (Å²) in [5.74, 6) is 0.804. The van der Waals surface area contributed by atoms with Crippen molar-refractivity contribution in [1.29, 1.82) is 0 Å². The highest BCUT2D eigenvalue weighted by atomic mass is 79.9. The van der Waals surface area contributed by atoms with E-state index in [4.69, 9.17) is 0 Å². The van der Waals surface area contributed by atoms with Crippen molar-refractivity contribution in [3.05, 3.63) is 20.8 Å². The van der Waals surface area contributed by atoms with Crippen LogP contribution < -0.4 is 0 Å². The predicted octanol–water partition coefficient (Wildman–Crippen LogP) is 3.32. The van der Waals surface area contributed by atoms with Gasteiger partial charge in [-0.15, -0.1) is 11.3 Å². The van der Waals surface area contributed by atoms with E-state index in [1.54, 1.807) is 11.3 Å². The van der Waals surface area contributed by atoms with Crippen LogP contribution in [0.2, 0.25) is 0 Å². The zero-order chi connectivity index (χ0) is 9.26. The summed E-state index contributed by atoms with van der Waals surface area (Å²) >= 11 is 5.32. The second kappa shape index (κ2) is 4.11. The van der Waals surface area contributed by atoms with Gasteiger partial charge < -0.3 is 4.90 Å². The molecule has 72 valence electrons. The summed E-state index contributed by atoms with van der Waals surface area (Å²) in [5, 5.41) is 2.29. The predicted molar refractivity (Wildman–Crippen MR) is 61.5 cm³/mol. The van der Waals surface area contributed by atoms with Gasteiger partial charge in [-0.3, -0.25) is 0 Å². The van der Waals surface area contributed by atoms with Gasteiger partial charge in [0.1, 0.15) is 0 Å². The van der Waals surface area contributed by atoms with Gasteiger partial charge in [-0.25, -0.2) is 0 Å². The Labute approximate surface area is 91.9 Å². The van der Waals surface area contributed by atoms with Crippen LogP contribution in [0.15, 0.2) is 15.2 Å². The van der Waals surface area contributed by atoms with Gasteiger partial charge in [0.15, 0.2) is 0 Å². The SMILES string of the molecule is CN1CCC(c2csc(Br)c2)CC1. The summed E-state index contributed by atoms with van der Waals surface area (Å²) in [6.07, 6.45) is 2.64. The van der Waals surface area contributed by atoms with Crippen LogP contribution in [0, 0.1) is 0 Å². The molecule has 2 rings (SSSR count). The van der Waals surface area contributed by atoms with Gasteiger partial charge in [-0.05, 0) is 71.8 Å². The third-order valence-corrected chi connectivity index (χ3v) is 4.30. The number of likely N-dealkylation sites (tertiary alicyclic amines) is 1. The Morgan fingerprint density at radius 1 is 1.46 bits per heavy atom. The fourth-order valence-corrected chi connectivity index (χ4v) is 3.14. The summed E-state index contributed by atoms with van der Waals surface area (Å²) in [6, 6.07) is 2.28. The lowest BCUT2D eigenvalue weighted by molar-refractivity contribution is 0.255. The van der Waals surface area contributed by atoms with E-state index in [0.29, 0.717) is 0 Å². The molecule has 1 nitrogen and oxygen atoms in total. The van der Waals surface area contributed by atoms with Crippen LogP contribution in [0.1, 0.15) is 24.3 Å². The first-order valence-corrected chi connectivity index (χ1v) is 6.35. The van der Waals surface area contributed by atoms with Crippen LogP contribution in [0.3, 0.4) is 0 Å². The fraction of sp³-hybridized carbons (Fsp3) is 0.600. The smallest absolute Gasteiger partial charge is 0.0701 e. The lowest BCUT2D eigenvalue weighted by Crippen LogP contribution is -2.29. The summed E-state index contributed by atoms with van der Waals surface area (Å²) in [7, 11) is 2.21. The molecule has 3 heteroatoms. The van der Waals surface area contributed by atoms with E-state index < -0.39 is 0 Å². The average molecular weight is 260 g/mol. The molecule has 0 aliphatic carbocycles. The van der Waals surface area contributed by atoms with Crippen molar-refractivity contribution < 1.29 is 0 Å². The molecular weight excluding hydrogens is 246 g/mol. The molecule has 0 amide bonds. The lowest BCUT2D eigenvalue weighted by Gasteiger charge is -2.28. The molecule has 1 aliphatic rings. The largest absolute Gasteiger partial charge is 0.306 e. The molecule has 1 fully saturated rings. The van der Waals surface area contributed by atoms with E-state index in [1.165, 1.54) is 35.3 Å². The lowest BCUT2D eigenvalue weighted by atomic mass is 9.92. The molecule has 0 saturated carbocycles. The Bertz CT molecular complexity index is 276. The third kappa shape index (κ3) is 2.33. The Morgan fingerprint density at radius 3 is 2.69 bits per heavy atom. The summed E-state index contributed by atoms with van der Waals surface area (Å²) < 4.78 is 1.27. The second-order valence-electron chi connectivity index (χ2n) is 3.76. The maximum Gasteiger partial charge on any atom is 0.0701 e. The van der Waals surface area contributed by atoms with Crippen molar-refractivity contribution in [2.75, 3.05) is 20.1 Å². The van der Waals surface area contributed by atoms with Crippen molar-refractivity contribution in [3.8, 4) is 0 Å². The van der Waals surface area contributed by atoms with Crippen LogP contribution in [0.25, 0.3) is 0 Å². The number of piperidine rings is 1. The van der Waals surface area contributed by atoms with Crippen LogP contribution in [0.5, 0.6) is 0 Å². The Kier molecular flexibility index (Phi) is 3.06. The zero-order valence-corrected chi connectivity index (χ0v) is 10.2. The fourth-order valence-electron chi connectivity index (χ4n) is 1.88. The molecule has 0 atom stereocenters. The van der Waals surface area contributed by atoms with E-state index in [9.17, 15) is 0 Å². The number of nitrogens with zero attached hydrogens (tertiary/aromatic N) is 1. The van der Waals surface area contributed by atoms with Crippen LogP contribution in [0.4, 0.5) is 0 Å². The highest BCUT2D eigenvalue weighted by Gasteiger charge is 2.18. The van der Waals surface area contributed by atoms with Gasteiger partial charge in [0.05, 0.1) is 3.79 Å². The number of halogens is 1. The number of rotatable bonds is 1. The molecule has 0 spiro atoms. The molecule has 1 aromatic heterocycles. The second-order valence-corrected chi connectivity index (χ2v) is 6.05. The van der Waals surface area contributed by atoms with Crippen LogP contribution in [-0.4, -0.2) is 25.0 Å². The first kappa shape index (κ1) is 9.69. The zero-order valence-electron chi connectivity index (χ0n) is 7.79. The van der Waals surface area contributed by atoms with E-state index in [0.717, 1.165) is 5.92 Å². The quantitative estimate of drug-likeness (QED) is 0.748. The van der Waals surface area contributed by atoms with Crippen molar-refractivity contribution >= 4 is 27.3 Å². The number of hydrogen-bond acceptors (Lipinski definition) is 2. The Balaban J connectivity index is 2.02. The molecule has 1 saturated heterocycles. The van der Waals surface area contributed by atoms with E-state index in [1.807, 2.05) is 0 Å². The van der Waals surface area contributed by atoms with Crippen molar-refractivity contribution in [3.63, 3.8) is 0 Å². The van der Waals surface area contributed by atoms with Gasteiger partial charge in [0.2, 0.25) is 0 Å². The monoisotopic (exact) mass is 259 g/mol. The molecule has 0 bridgehead atoms. The molecule has 1 aromatic rings. The van der Waals surface area contributed by atoms with Crippen molar-refractivity contribution in [2.24, 2.45) is 0 Å². The molecule has 1 aliphatic heterocycles. The van der Waals surface area contributed by atoms with Crippen LogP contribution >= 0.6 is 27.3 Å². The summed E-state index contributed by atoms with van der Waals surface area (Å²) in [6.45, 7) is 2.50. The first-order chi connectivity index (χ1) is 6.25. The highest BCUT2D eigenvalue weighted by Crippen LogP contribution is 2.32. The van der Waals surface area contributed by atoms with Crippen molar-refractivity contribution in [2.45, 2.75) is 18.8 Å². The summed E-state index contributed by atoms with van der Waals surface area (Å²) in [4.78, 5) is 2.41. The van der Waals surface area contributed by atoms with E-state index in [2.05, 4.69) is 39.3 Å². The third-order valence-electron chi connectivity index (χ3n) is 2.78. The van der Waals surface area contributed by atoms with Gasteiger partial charge in [-0.2, -0.15) is 0 Å². The summed E-state index contributed by atoms with van der Waals surface area (Å²) in [5.41, 5.74) is 1.53. The van der Waals surface area contributed by atoms with Gasteiger partial charge in [0, 0.05) is 0 Å². The average Bonchev–Trinajstić information content (AvgIpc) is 2.53. The molecule has 0 unspecified atom stereocenters. The standard InChI is InChI=1S/C10H14BrNS/c1-12-4-2-8(3-5-12)9-6-10(11)13-7-9/h6-8H,2-5H2,1H3. The normalized spacial score (nSPS) is 20.8. The minimum absolute atomic E-state index is 0.804. The molecule has 13 heavy (non-hydrogen) atoms. The van der Waals surface area contributed by atoms with Gasteiger partial charge >= 0.3 is 0 Å². The first-order valence-electron chi connectivity index (χ1n) is 4.68. The van der Waals surface area contributed by atoms with Gasteiger partial charge in [-0.1, -0.05) is 0 Å². The molecular formula is C10H14BrNS. The molecule has 2 heterocycles. The number of hydrogen-bond donors (Lipinski definition) is 0. The molecule has 0 N–H and O–H groups in total. The number of thiophene rings is 1. The molecule has 0 radical (unpaired) electrons. The van der Waals surface area contributed by atoms with Crippen LogP contribution in [-0.2, 0) is 0 Å². The van der Waals surface area contributed by atoms with Gasteiger partial charge in [0.25, 0.3) is 0 Å². The minimum Gasteiger partial charge on any atom is -0.306 e. The van der Waals surface area contributed by atoms with Crippen molar-refractivity contribution in [1.82, 2.24) is 4.90 Å². The van der Waals surface area contributed by atoms with E-state index >= 15 is 0 Å². The van der Waals surface area contributed by atoms with E-state index in [-0.39, 0.29) is 0 Å². The minimum atomic E-state index is 0.804. The Hall–Kier alpha value is 0.140.